The van der Waals surface area contributed by atoms with Gasteiger partial charge in [0.2, 0.25) is 0 Å². The zero-order chi connectivity index (χ0) is 16.1. The van der Waals surface area contributed by atoms with Crippen LogP contribution in [-0.2, 0) is 19.1 Å². The van der Waals surface area contributed by atoms with Crippen molar-refractivity contribution >= 4 is 15.9 Å². The summed E-state index contributed by atoms with van der Waals surface area (Å²) in [6, 6.07) is 0. The number of hydrogen-bond donors (Lipinski definition) is 1. The molecule has 126 valence electrons. The van der Waals surface area contributed by atoms with E-state index in [1.165, 1.54) is 32.1 Å². The standard InChI is InChI=1S/C15H30O5S/c1-3-4-5-6-7-8-9-10-11-12-14(17)15(13-16)21(18,19)20-2/h15-16H,3-13H2,1-2H3. The van der Waals surface area contributed by atoms with Gasteiger partial charge in [-0.3, -0.25) is 8.98 Å². The molecule has 0 aromatic rings. The van der Waals surface area contributed by atoms with Gasteiger partial charge in [0.05, 0.1) is 13.7 Å². The number of Topliss-reactive ketones (excluding diaryl/α,β-unsaturated/α-hetero) is 1. The third-order valence-corrected chi connectivity index (χ3v) is 5.21. The third-order valence-electron chi connectivity index (χ3n) is 3.63. The maximum atomic E-state index is 11.8. The van der Waals surface area contributed by atoms with Gasteiger partial charge in [0.25, 0.3) is 10.1 Å². The Hall–Kier alpha value is -0.460. The van der Waals surface area contributed by atoms with Crippen molar-refractivity contribution in [3.63, 3.8) is 0 Å². The molecule has 0 spiro atoms. The van der Waals surface area contributed by atoms with Gasteiger partial charge in [0, 0.05) is 6.42 Å². The topological polar surface area (TPSA) is 80.7 Å². The molecule has 1 atom stereocenters. The quantitative estimate of drug-likeness (QED) is 0.393. The Morgan fingerprint density at radius 3 is 1.90 bits per heavy atom. The van der Waals surface area contributed by atoms with Crippen molar-refractivity contribution < 1.29 is 22.5 Å². The minimum Gasteiger partial charge on any atom is -0.394 e. The van der Waals surface area contributed by atoms with Gasteiger partial charge in [-0.2, -0.15) is 8.42 Å². The zero-order valence-corrected chi connectivity index (χ0v) is 14.2. The van der Waals surface area contributed by atoms with E-state index in [2.05, 4.69) is 11.1 Å². The van der Waals surface area contributed by atoms with Gasteiger partial charge in [0.15, 0.2) is 11.0 Å². The smallest absolute Gasteiger partial charge is 0.279 e. The average molecular weight is 322 g/mol. The maximum Gasteiger partial charge on any atom is 0.279 e. The Kier molecular flexibility index (Phi) is 11.9. The zero-order valence-electron chi connectivity index (χ0n) is 13.3. The Bertz CT molecular complexity index is 364. The normalized spacial score (nSPS) is 13.3. The fourth-order valence-corrected chi connectivity index (χ4v) is 3.10. The fourth-order valence-electron chi connectivity index (χ4n) is 2.24. The van der Waals surface area contributed by atoms with E-state index in [0.717, 1.165) is 26.4 Å². The highest BCUT2D eigenvalue weighted by Gasteiger charge is 2.31. The maximum absolute atomic E-state index is 11.8. The number of carbonyl (C=O) groups is 1. The van der Waals surface area contributed by atoms with Gasteiger partial charge >= 0.3 is 0 Å². The summed E-state index contributed by atoms with van der Waals surface area (Å²) < 4.78 is 27.2. The van der Waals surface area contributed by atoms with E-state index >= 15 is 0 Å². The number of unbranched alkanes of at least 4 members (excludes halogenated alkanes) is 8. The molecule has 0 aliphatic heterocycles. The van der Waals surface area contributed by atoms with Crippen LogP contribution in [0.3, 0.4) is 0 Å². The van der Waals surface area contributed by atoms with Crippen LogP contribution in [0.15, 0.2) is 0 Å². The molecule has 0 radical (unpaired) electrons. The highest BCUT2D eigenvalue weighted by molar-refractivity contribution is 7.88. The van der Waals surface area contributed by atoms with E-state index in [1.807, 2.05) is 0 Å². The predicted octanol–water partition coefficient (Wildman–Crippen LogP) is 2.81. The van der Waals surface area contributed by atoms with Crippen LogP contribution < -0.4 is 0 Å². The minimum atomic E-state index is -3.97. The van der Waals surface area contributed by atoms with Gasteiger partial charge in [0.1, 0.15) is 0 Å². The number of carbonyl (C=O) groups excluding carboxylic acids is 1. The van der Waals surface area contributed by atoms with Crippen LogP contribution in [0.1, 0.15) is 71.1 Å². The number of ketones is 1. The van der Waals surface area contributed by atoms with E-state index < -0.39 is 27.8 Å². The SMILES string of the molecule is CCCCCCCCCCCC(=O)C(CO)S(=O)(=O)OC. The molecule has 1 unspecified atom stereocenters. The van der Waals surface area contributed by atoms with Gasteiger partial charge < -0.3 is 5.11 Å². The van der Waals surface area contributed by atoms with Crippen LogP contribution in [0, 0.1) is 0 Å². The highest BCUT2D eigenvalue weighted by atomic mass is 32.2. The first-order chi connectivity index (χ1) is 9.99. The van der Waals surface area contributed by atoms with Crippen LogP contribution in [0.4, 0.5) is 0 Å². The lowest BCUT2D eigenvalue weighted by molar-refractivity contribution is -0.119. The molecular weight excluding hydrogens is 292 g/mol. The first kappa shape index (κ1) is 20.5. The van der Waals surface area contributed by atoms with Gasteiger partial charge in [-0.15, -0.1) is 0 Å². The molecule has 1 N–H and O–H groups in total. The Morgan fingerprint density at radius 2 is 1.48 bits per heavy atom. The molecule has 0 fully saturated rings. The molecule has 0 heterocycles. The van der Waals surface area contributed by atoms with Gasteiger partial charge in [-0.05, 0) is 6.42 Å². The van der Waals surface area contributed by atoms with E-state index in [4.69, 9.17) is 5.11 Å². The molecule has 0 aromatic heterocycles. The van der Waals surface area contributed by atoms with Crippen LogP contribution in [0.25, 0.3) is 0 Å². The number of aliphatic hydroxyl groups excluding tert-OH is 1. The summed E-state index contributed by atoms with van der Waals surface area (Å²) in [5.41, 5.74) is 0. The molecular formula is C15H30O5S. The summed E-state index contributed by atoms with van der Waals surface area (Å²) in [5.74, 6) is -0.456. The van der Waals surface area contributed by atoms with Gasteiger partial charge in [-0.1, -0.05) is 58.3 Å². The molecule has 6 heteroatoms. The minimum absolute atomic E-state index is 0.184. The highest BCUT2D eigenvalue weighted by Crippen LogP contribution is 2.13. The first-order valence-corrected chi connectivity index (χ1v) is 9.39. The van der Waals surface area contributed by atoms with E-state index in [-0.39, 0.29) is 6.42 Å². The molecule has 21 heavy (non-hydrogen) atoms. The van der Waals surface area contributed by atoms with E-state index in [9.17, 15) is 13.2 Å². The molecule has 0 aliphatic rings. The lowest BCUT2D eigenvalue weighted by Gasteiger charge is -2.12. The van der Waals surface area contributed by atoms with Crippen molar-refractivity contribution in [3.05, 3.63) is 0 Å². The average Bonchev–Trinajstić information content (AvgIpc) is 2.46. The van der Waals surface area contributed by atoms with Crippen molar-refractivity contribution in [2.45, 2.75) is 76.4 Å². The number of rotatable bonds is 14. The number of hydrogen-bond acceptors (Lipinski definition) is 5. The lowest BCUT2D eigenvalue weighted by atomic mass is 10.0. The Balaban J connectivity index is 3.74. The summed E-state index contributed by atoms with van der Waals surface area (Å²) >= 11 is 0. The second-order valence-electron chi connectivity index (χ2n) is 5.38. The second kappa shape index (κ2) is 12.1. The van der Waals surface area contributed by atoms with Gasteiger partial charge in [-0.25, -0.2) is 0 Å². The van der Waals surface area contributed by atoms with Crippen molar-refractivity contribution in [2.75, 3.05) is 13.7 Å². The van der Waals surface area contributed by atoms with E-state index in [0.29, 0.717) is 6.42 Å². The molecule has 0 bridgehead atoms. The summed E-state index contributed by atoms with van der Waals surface area (Å²) in [6.45, 7) is 1.48. The third kappa shape index (κ3) is 9.22. The summed E-state index contributed by atoms with van der Waals surface area (Å²) in [4.78, 5) is 11.8. The first-order valence-electron chi connectivity index (χ1n) is 7.92. The molecule has 0 rings (SSSR count). The van der Waals surface area contributed by atoms with Crippen molar-refractivity contribution in [1.82, 2.24) is 0 Å². The summed E-state index contributed by atoms with van der Waals surface area (Å²) in [6.07, 6.45) is 10.3. The van der Waals surface area contributed by atoms with Crippen molar-refractivity contribution in [3.8, 4) is 0 Å². The Labute approximate surface area is 129 Å². The van der Waals surface area contributed by atoms with Crippen LogP contribution >= 0.6 is 0 Å². The molecule has 0 amide bonds. The number of aliphatic hydroxyl groups is 1. The molecule has 0 aromatic carbocycles. The molecule has 0 saturated heterocycles. The second-order valence-corrected chi connectivity index (χ2v) is 7.26. The van der Waals surface area contributed by atoms with Crippen LogP contribution in [0.2, 0.25) is 0 Å². The largest absolute Gasteiger partial charge is 0.394 e. The predicted molar refractivity (Wildman–Crippen MR) is 83.7 cm³/mol. The summed E-state index contributed by atoms with van der Waals surface area (Å²) in [7, 11) is -2.97. The lowest BCUT2D eigenvalue weighted by Crippen LogP contribution is -2.34. The van der Waals surface area contributed by atoms with Crippen molar-refractivity contribution in [1.29, 1.82) is 0 Å². The molecule has 0 aliphatic carbocycles. The van der Waals surface area contributed by atoms with Crippen molar-refractivity contribution in [2.24, 2.45) is 0 Å². The Morgan fingerprint density at radius 1 is 1.00 bits per heavy atom. The summed E-state index contributed by atoms with van der Waals surface area (Å²) in [5, 5.41) is 7.59. The fraction of sp³-hybridized carbons (Fsp3) is 0.933. The molecule has 0 saturated carbocycles. The monoisotopic (exact) mass is 322 g/mol. The molecule has 5 nitrogen and oxygen atoms in total. The van der Waals surface area contributed by atoms with E-state index in [1.54, 1.807) is 0 Å². The van der Waals surface area contributed by atoms with Crippen LogP contribution in [-0.4, -0.2) is 38.3 Å². The van der Waals surface area contributed by atoms with Crippen LogP contribution in [0.5, 0.6) is 0 Å².